The Balaban J connectivity index is 2.49. The molecule has 2 nitrogen and oxygen atoms in total. The summed E-state index contributed by atoms with van der Waals surface area (Å²) in [6, 6.07) is 13.0. The van der Waals surface area contributed by atoms with Crippen LogP contribution in [0.2, 0.25) is 0 Å². The lowest BCUT2D eigenvalue weighted by atomic mass is 10.2. The SMILES string of the molecule is CCN(c1ccccc1)c1cc(F)c(I)cc1N. The Labute approximate surface area is 120 Å². The highest BCUT2D eigenvalue weighted by atomic mass is 127. The fourth-order valence-electron chi connectivity index (χ4n) is 1.89. The molecule has 4 heteroatoms. The molecule has 0 fully saturated rings. The van der Waals surface area contributed by atoms with Crippen LogP contribution in [0.15, 0.2) is 42.5 Å². The van der Waals surface area contributed by atoms with Crippen molar-refractivity contribution in [3.05, 3.63) is 51.9 Å². The molecule has 0 aliphatic heterocycles. The van der Waals surface area contributed by atoms with E-state index < -0.39 is 0 Å². The third kappa shape index (κ3) is 2.58. The Morgan fingerprint density at radius 3 is 2.50 bits per heavy atom. The number of hydrogen-bond acceptors (Lipinski definition) is 2. The van der Waals surface area contributed by atoms with Crippen molar-refractivity contribution in [3.63, 3.8) is 0 Å². The quantitative estimate of drug-likeness (QED) is 0.661. The first-order valence-corrected chi connectivity index (χ1v) is 6.78. The van der Waals surface area contributed by atoms with Gasteiger partial charge in [-0.2, -0.15) is 0 Å². The second-order valence-corrected chi connectivity index (χ2v) is 5.07. The average molecular weight is 356 g/mol. The van der Waals surface area contributed by atoms with E-state index in [0.717, 1.165) is 12.2 Å². The summed E-state index contributed by atoms with van der Waals surface area (Å²) in [5.41, 5.74) is 8.30. The minimum absolute atomic E-state index is 0.241. The summed E-state index contributed by atoms with van der Waals surface area (Å²) in [5, 5.41) is 0. The molecule has 0 saturated carbocycles. The van der Waals surface area contributed by atoms with Crippen molar-refractivity contribution in [1.29, 1.82) is 0 Å². The molecule has 0 atom stereocenters. The van der Waals surface area contributed by atoms with Gasteiger partial charge < -0.3 is 10.6 Å². The molecule has 0 saturated heterocycles. The number of rotatable bonds is 3. The second-order valence-electron chi connectivity index (χ2n) is 3.90. The molecule has 2 aromatic carbocycles. The van der Waals surface area contributed by atoms with Gasteiger partial charge >= 0.3 is 0 Å². The van der Waals surface area contributed by atoms with Crippen LogP contribution in [0.3, 0.4) is 0 Å². The molecule has 2 N–H and O–H groups in total. The van der Waals surface area contributed by atoms with Gasteiger partial charge in [-0.25, -0.2) is 4.39 Å². The van der Waals surface area contributed by atoms with Gasteiger partial charge in [-0.1, -0.05) is 18.2 Å². The van der Waals surface area contributed by atoms with Crippen LogP contribution >= 0.6 is 22.6 Å². The number of benzene rings is 2. The van der Waals surface area contributed by atoms with Crippen molar-refractivity contribution >= 4 is 39.7 Å². The fraction of sp³-hybridized carbons (Fsp3) is 0.143. The maximum absolute atomic E-state index is 13.7. The van der Waals surface area contributed by atoms with E-state index in [2.05, 4.69) is 0 Å². The third-order valence-electron chi connectivity index (χ3n) is 2.74. The lowest BCUT2D eigenvalue weighted by Gasteiger charge is -2.25. The summed E-state index contributed by atoms with van der Waals surface area (Å²) in [6.45, 7) is 2.75. The molecule has 0 aliphatic carbocycles. The standard InChI is InChI=1S/C14H14FIN2/c1-2-18(10-6-4-3-5-7-10)14-8-11(15)12(16)9-13(14)17/h3-9H,2,17H2,1H3. The van der Waals surface area contributed by atoms with Gasteiger partial charge in [-0.3, -0.25) is 0 Å². The van der Waals surface area contributed by atoms with E-state index in [1.165, 1.54) is 6.07 Å². The monoisotopic (exact) mass is 356 g/mol. The predicted octanol–water partition coefficient (Wildman–Crippen LogP) is 4.17. The number of hydrogen-bond donors (Lipinski definition) is 1. The van der Waals surface area contributed by atoms with Crippen LogP contribution in [0.25, 0.3) is 0 Å². The van der Waals surface area contributed by atoms with E-state index >= 15 is 0 Å². The van der Waals surface area contributed by atoms with Gasteiger partial charge in [0, 0.05) is 18.3 Å². The molecule has 0 spiro atoms. The average Bonchev–Trinajstić information content (AvgIpc) is 2.38. The summed E-state index contributed by atoms with van der Waals surface area (Å²) < 4.78 is 14.2. The summed E-state index contributed by atoms with van der Waals surface area (Å²) in [7, 11) is 0. The number of nitrogens with two attached hydrogens (primary N) is 1. The summed E-state index contributed by atoms with van der Waals surface area (Å²) in [5.74, 6) is -0.241. The predicted molar refractivity (Wildman–Crippen MR) is 82.7 cm³/mol. The minimum atomic E-state index is -0.241. The van der Waals surface area contributed by atoms with Crippen LogP contribution in [0, 0.1) is 9.39 Å². The number of para-hydroxylation sites is 1. The molecular formula is C14H14FIN2. The van der Waals surface area contributed by atoms with Gasteiger partial charge in [0.1, 0.15) is 5.82 Å². The molecule has 2 rings (SSSR count). The maximum Gasteiger partial charge on any atom is 0.138 e. The molecule has 18 heavy (non-hydrogen) atoms. The van der Waals surface area contributed by atoms with Gasteiger partial charge in [0.05, 0.1) is 14.9 Å². The lowest BCUT2D eigenvalue weighted by molar-refractivity contribution is 0.620. The summed E-state index contributed by atoms with van der Waals surface area (Å²) in [4.78, 5) is 1.99. The van der Waals surface area contributed by atoms with Crippen molar-refractivity contribution in [1.82, 2.24) is 0 Å². The van der Waals surface area contributed by atoms with Crippen molar-refractivity contribution in [2.75, 3.05) is 17.2 Å². The number of halogens is 2. The first-order chi connectivity index (χ1) is 8.63. The van der Waals surface area contributed by atoms with Crippen molar-refractivity contribution < 1.29 is 4.39 Å². The van der Waals surface area contributed by atoms with Gasteiger partial charge in [0.25, 0.3) is 0 Å². The molecule has 94 valence electrons. The first kappa shape index (κ1) is 13.1. The molecule has 0 amide bonds. The molecule has 0 aliphatic rings. The normalized spacial score (nSPS) is 10.4. The number of nitrogens with zero attached hydrogens (tertiary/aromatic N) is 1. The molecule has 0 aromatic heterocycles. The minimum Gasteiger partial charge on any atom is -0.397 e. The Morgan fingerprint density at radius 1 is 1.22 bits per heavy atom. The third-order valence-corrected chi connectivity index (χ3v) is 3.57. The van der Waals surface area contributed by atoms with Crippen LogP contribution in [-0.2, 0) is 0 Å². The zero-order valence-electron chi connectivity index (χ0n) is 10.0. The van der Waals surface area contributed by atoms with E-state index in [4.69, 9.17) is 5.73 Å². The van der Waals surface area contributed by atoms with Crippen molar-refractivity contribution in [2.45, 2.75) is 6.92 Å². The molecular weight excluding hydrogens is 342 g/mol. The van der Waals surface area contributed by atoms with Crippen LogP contribution in [0.5, 0.6) is 0 Å². The Hall–Kier alpha value is -1.30. The van der Waals surface area contributed by atoms with Gasteiger partial charge in [0.2, 0.25) is 0 Å². The van der Waals surface area contributed by atoms with Crippen LogP contribution in [0.1, 0.15) is 6.92 Å². The van der Waals surface area contributed by atoms with E-state index in [1.807, 2.05) is 64.7 Å². The second kappa shape index (κ2) is 5.56. The maximum atomic E-state index is 13.7. The van der Waals surface area contributed by atoms with Gasteiger partial charge in [-0.15, -0.1) is 0 Å². The smallest absolute Gasteiger partial charge is 0.138 e. The van der Waals surface area contributed by atoms with Crippen LogP contribution < -0.4 is 10.6 Å². The summed E-state index contributed by atoms with van der Waals surface area (Å²) in [6.07, 6.45) is 0. The van der Waals surface area contributed by atoms with Crippen molar-refractivity contribution in [2.24, 2.45) is 0 Å². The molecule has 0 radical (unpaired) electrons. The first-order valence-electron chi connectivity index (χ1n) is 5.70. The fourth-order valence-corrected chi connectivity index (χ4v) is 2.38. The van der Waals surface area contributed by atoms with E-state index in [1.54, 1.807) is 6.07 Å². The highest BCUT2D eigenvalue weighted by Crippen LogP contribution is 2.32. The molecule has 2 aromatic rings. The largest absolute Gasteiger partial charge is 0.397 e. The Bertz CT molecular complexity index is 543. The van der Waals surface area contributed by atoms with Crippen LogP contribution in [-0.4, -0.2) is 6.54 Å². The van der Waals surface area contributed by atoms with Crippen molar-refractivity contribution in [3.8, 4) is 0 Å². The summed E-state index contributed by atoms with van der Waals surface area (Å²) >= 11 is 1.94. The number of anilines is 3. The molecule has 0 unspecified atom stereocenters. The van der Waals surface area contributed by atoms with Crippen LogP contribution in [0.4, 0.5) is 21.5 Å². The molecule has 0 bridgehead atoms. The van der Waals surface area contributed by atoms with Gasteiger partial charge in [-0.05, 0) is 47.7 Å². The lowest BCUT2D eigenvalue weighted by Crippen LogP contribution is -2.17. The van der Waals surface area contributed by atoms with E-state index in [-0.39, 0.29) is 5.82 Å². The topological polar surface area (TPSA) is 29.3 Å². The molecule has 0 heterocycles. The highest BCUT2D eigenvalue weighted by molar-refractivity contribution is 14.1. The Kier molecular flexibility index (Phi) is 4.06. The Morgan fingerprint density at radius 2 is 1.89 bits per heavy atom. The highest BCUT2D eigenvalue weighted by Gasteiger charge is 2.13. The number of nitrogen functional groups attached to an aromatic ring is 1. The zero-order chi connectivity index (χ0) is 13.1. The zero-order valence-corrected chi connectivity index (χ0v) is 12.2. The van der Waals surface area contributed by atoms with Gasteiger partial charge in [0.15, 0.2) is 0 Å². The van der Waals surface area contributed by atoms with E-state index in [0.29, 0.717) is 14.9 Å². The van der Waals surface area contributed by atoms with E-state index in [9.17, 15) is 4.39 Å².